The SMILES string of the molecule is COC1CCC(NC2CC(C)CC(C)C2)C1. The third-order valence-corrected chi connectivity index (χ3v) is 4.37. The molecule has 2 aliphatic rings. The molecule has 0 aromatic carbocycles. The fourth-order valence-corrected chi connectivity index (χ4v) is 3.72. The summed E-state index contributed by atoms with van der Waals surface area (Å²) in [4.78, 5) is 0. The predicted molar refractivity (Wildman–Crippen MR) is 67.5 cm³/mol. The van der Waals surface area contributed by atoms with E-state index in [0.29, 0.717) is 12.1 Å². The van der Waals surface area contributed by atoms with Gasteiger partial charge in [0, 0.05) is 19.2 Å². The lowest BCUT2D eigenvalue weighted by Gasteiger charge is -2.34. The quantitative estimate of drug-likeness (QED) is 0.797. The highest BCUT2D eigenvalue weighted by atomic mass is 16.5. The first-order valence-electron chi connectivity index (χ1n) is 6.96. The van der Waals surface area contributed by atoms with Crippen LogP contribution in [-0.4, -0.2) is 25.3 Å². The van der Waals surface area contributed by atoms with Gasteiger partial charge in [-0.05, 0) is 50.4 Å². The Labute approximate surface area is 100 Å². The standard InChI is InChI=1S/C14H27NO/c1-10-6-11(2)8-13(7-10)15-12-4-5-14(9-12)16-3/h10-15H,4-9H2,1-3H3. The van der Waals surface area contributed by atoms with E-state index in [1.807, 2.05) is 7.11 Å². The summed E-state index contributed by atoms with van der Waals surface area (Å²) in [6.07, 6.45) is 8.44. The van der Waals surface area contributed by atoms with E-state index in [4.69, 9.17) is 4.74 Å². The number of nitrogens with one attached hydrogen (secondary N) is 1. The molecule has 1 N–H and O–H groups in total. The molecular weight excluding hydrogens is 198 g/mol. The van der Waals surface area contributed by atoms with Crippen molar-refractivity contribution < 1.29 is 4.74 Å². The molecule has 0 heterocycles. The van der Waals surface area contributed by atoms with Crippen LogP contribution in [0.25, 0.3) is 0 Å². The highest BCUT2D eigenvalue weighted by Gasteiger charge is 2.29. The van der Waals surface area contributed by atoms with Crippen LogP contribution < -0.4 is 5.32 Å². The summed E-state index contributed by atoms with van der Waals surface area (Å²) in [7, 11) is 1.85. The van der Waals surface area contributed by atoms with Crippen molar-refractivity contribution in [3.63, 3.8) is 0 Å². The molecule has 94 valence electrons. The number of hydrogen-bond donors (Lipinski definition) is 1. The van der Waals surface area contributed by atoms with Gasteiger partial charge in [-0.15, -0.1) is 0 Å². The van der Waals surface area contributed by atoms with Crippen molar-refractivity contribution in [2.75, 3.05) is 7.11 Å². The number of ether oxygens (including phenoxy) is 1. The molecule has 2 aliphatic carbocycles. The molecule has 2 rings (SSSR count). The molecule has 0 radical (unpaired) electrons. The fourth-order valence-electron chi connectivity index (χ4n) is 3.72. The minimum atomic E-state index is 0.510. The van der Waals surface area contributed by atoms with Gasteiger partial charge in [-0.25, -0.2) is 0 Å². The van der Waals surface area contributed by atoms with E-state index in [1.165, 1.54) is 38.5 Å². The highest BCUT2D eigenvalue weighted by Crippen LogP contribution is 2.30. The molecular formula is C14H27NO. The normalized spacial score (nSPS) is 44.8. The van der Waals surface area contributed by atoms with E-state index >= 15 is 0 Å². The molecule has 0 aromatic heterocycles. The first-order chi connectivity index (χ1) is 7.67. The maximum atomic E-state index is 5.43. The Morgan fingerprint density at radius 2 is 1.56 bits per heavy atom. The van der Waals surface area contributed by atoms with Crippen LogP contribution in [0.15, 0.2) is 0 Å². The van der Waals surface area contributed by atoms with Crippen LogP contribution in [0.3, 0.4) is 0 Å². The molecule has 0 aliphatic heterocycles. The maximum absolute atomic E-state index is 5.43. The van der Waals surface area contributed by atoms with Crippen LogP contribution in [0.1, 0.15) is 52.4 Å². The number of hydrogen-bond acceptors (Lipinski definition) is 2. The summed E-state index contributed by atoms with van der Waals surface area (Å²) < 4.78 is 5.43. The zero-order valence-corrected chi connectivity index (χ0v) is 11.0. The van der Waals surface area contributed by atoms with E-state index < -0.39 is 0 Å². The van der Waals surface area contributed by atoms with Crippen molar-refractivity contribution in [3.05, 3.63) is 0 Å². The lowest BCUT2D eigenvalue weighted by Crippen LogP contribution is -2.41. The van der Waals surface area contributed by atoms with Gasteiger partial charge in [0.15, 0.2) is 0 Å². The van der Waals surface area contributed by atoms with Gasteiger partial charge in [-0.1, -0.05) is 13.8 Å². The second kappa shape index (κ2) is 5.50. The van der Waals surface area contributed by atoms with Gasteiger partial charge < -0.3 is 10.1 Å². The molecule has 2 heteroatoms. The van der Waals surface area contributed by atoms with Crippen LogP contribution in [0.4, 0.5) is 0 Å². The van der Waals surface area contributed by atoms with Crippen LogP contribution >= 0.6 is 0 Å². The van der Waals surface area contributed by atoms with E-state index in [1.54, 1.807) is 0 Å². The molecule has 4 unspecified atom stereocenters. The molecule has 0 spiro atoms. The highest BCUT2D eigenvalue weighted by molar-refractivity contribution is 4.87. The minimum absolute atomic E-state index is 0.510. The average molecular weight is 225 g/mol. The molecule has 0 bridgehead atoms. The number of rotatable bonds is 3. The summed E-state index contributed by atoms with van der Waals surface area (Å²) in [6.45, 7) is 4.80. The first-order valence-corrected chi connectivity index (χ1v) is 6.96. The van der Waals surface area contributed by atoms with Crippen LogP contribution in [0, 0.1) is 11.8 Å². The molecule has 4 atom stereocenters. The largest absolute Gasteiger partial charge is 0.381 e. The predicted octanol–water partition coefficient (Wildman–Crippen LogP) is 2.97. The molecule has 0 aromatic rings. The Balaban J connectivity index is 1.77. The Kier molecular flexibility index (Phi) is 4.26. The Morgan fingerprint density at radius 3 is 2.12 bits per heavy atom. The van der Waals surface area contributed by atoms with Gasteiger partial charge in [0.05, 0.1) is 6.10 Å². The average Bonchev–Trinajstić information content (AvgIpc) is 2.64. The molecule has 2 nitrogen and oxygen atoms in total. The molecule has 2 saturated carbocycles. The zero-order chi connectivity index (χ0) is 11.5. The Bertz CT molecular complexity index is 209. The molecule has 0 saturated heterocycles. The van der Waals surface area contributed by atoms with Gasteiger partial charge in [-0.3, -0.25) is 0 Å². The van der Waals surface area contributed by atoms with Crippen molar-refractivity contribution in [2.24, 2.45) is 11.8 Å². The topological polar surface area (TPSA) is 21.3 Å². The van der Waals surface area contributed by atoms with Crippen LogP contribution in [0.2, 0.25) is 0 Å². The monoisotopic (exact) mass is 225 g/mol. The second-order valence-electron chi connectivity index (χ2n) is 6.15. The van der Waals surface area contributed by atoms with Gasteiger partial charge in [0.1, 0.15) is 0 Å². The lowest BCUT2D eigenvalue weighted by molar-refractivity contribution is 0.105. The van der Waals surface area contributed by atoms with Gasteiger partial charge in [0.2, 0.25) is 0 Å². The summed E-state index contributed by atoms with van der Waals surface area (Å²) in [5, 5.41) is 3.86. The van der Waals surface area contributed by atoms with Gasteiger partial charge in [0.25, 0.3) is 0 Å². The van der Waals surface area contributed by atoms with E-state index in [9.17, 15) is 0 Å². The Morgan fingerprint density at radius 1 is 0.875 bits per heavy atom. The lowest BCUT2D eigenvalue weighted by atomic mass is 9.80. The minimum Gasteiger partial charge on any atom is -0.381 e. The Hall–Kier alpha value is -0.0800. The van der Waals surface area contributed by atoms with Crippen molar-refractivity contribution in [3.8, 4) is 0 Å². The van der Waals surface area contributed by atoms with E-state index in [2.05, 4.69) is 19.2 Å². The van der Waals surface area contributed by atoms with Crippen molar-refractivity contribution >= 4 is 0 Å². The summed E-state index contributed by atoms with van der Waals surface area (Å²) in [5.74, 6) is 1.81. The summed E-state index contributed by atoms with van der Waals surface area (Å²) in [6, 6.07) is 1.48. The van der Waals surface area contributed by atoms with E-state index in [-0.39, 0.29) is 0 Å². The van der Waals surface area contributed by atoms with Gasteiger partial charge in [-0.2, -0.15) is 0 Å². The van der Waals surface area contributed by atoms with E-state index in [0.717, 1.165) is 17.9 Å². The smallest absolute Gasteiger partial charge is 0.0586 e. The van der Waals surface area contributed by atoms with Gasteiger partial charge >= 0.3 is 0 Å². The summed E-state index contributed by atoms with van der Waals surface area (Å²) >= 11 is 0. The van der Waals surface area contributed by atoms with Crippen LogP contribution in [0.5, 0.6) is 0 Å². The van der Waals surface area contributed by atoms with Crippen molar-refractivity contribution in [2.45, 2.75) is 70.6 Å². The van der Waals surface area contributed by atoms with Crippen molar-refractivity contribution in [1.29, 1.82) is 0 Å². The second-order valence-corrected chi connectivity index (χ2v) is 6.15. The third kappa shape index (κ3) is 3.21. The van der Waals surface area contributed by atoms with Crippen molar-refractivity contribution in [1.82, 2.24) is 5.32 Å². The third-order valence-electron chi connectivity index (χ3n) is 4.37. The molecule has 0 amide bonds. The maximum Gasteiger partial charge on any atom is 0.0586 e. The van der Waals surface area contributed by atoms with Crippen LogP contribution in [-0.2, 0) is 4.74 Å². The molecule has 16 heavy (non-hydrogen) atoms. The molecule has 2 fully saturated rings. The zero-order valence-electron chi connectivity index (χ0n) is 11.0. The summed E-state index contributed by atoms with van der Waals surface area (Å²) in [5.41, 5.74) is 0. The first kappa shape index (κ1) is 12.4. The fraction of sp³-hybridized carbons (Fsp3) is 1.00. The number of methoxy groups -OCH3 is 1.